The first-order valence-corrected chi connectivity index (χ1v) is 7.01. The predicted molar refractivity (Wildman–Crippen MR) is 84.4 cm³/mol. The van der Waals surface area contributed by atoms with E-state index in [-0.39, 0.29) is 12.4 Å². The van der Waals surface area contributed by atoms with Crippen molar-refractivity contribution in [3.8, 4) is 11.8 Å². The fourth-order valence-corrected chi connectivity index (χ4v) is 2.44. The van der Waals surface area contributed by atoms with Crippen molar-refractivity contribution in [2.75, 3.05) is 26.8 Å². The maximum absolute atomic E-state index is 5.85. The van der Waals surface area contributed by atoms with E-state index >= 15 is 0 Å². The van der Waals surface area contributed by atoms with E-state index in [2.05, 4.69) is 15.3 Å². The van der Waals surface area contributed by atoms with Gasteiger partial charge in [0.15, 0.2) is 0 Å². The van der Waals surface area contributed by atoms with Gasteiger partial charge in [-0.2, -0.15) is 0 Å². The molecular formula is C15H20ClN3O2. The van der Waals surface area contributed by atoms with Crippen molar-refractivity contribution in [1.29, 1.82) is 0 Å². The molecule has 1 fully saturated rings. The van der Waals surface area contributed by atoms with Crippen LogP contribution in [0.5, 0.6) is 11.8 Å². The van der Waals surface area contributed by atoms with Gasteiger partial charge in [-0.25, -0.2) is 9.97 Å². The number of hydrogen-bond acceptors (Lipinski definition) is 5. The number of aromatic nitrogens is 2. The van der Waals surface area contributed by atoms with Gasteiger partial charge in [0, 0.05) is 0 Å². The zero-order valence-electron chi connectivity index (χ0n) is 12.0. The summed E-state index contributed by atoms with van der Waals surface area (Å²) in [4.78, 5) is 8.94. The highest BCUT2D eigenvalue weighted by Gasteiger charge is 2.16. The maximum atomic E-state index is 5.85. The first kappa shape index (κ1) is 15.8. The molecule has 0 bridgehead atoms. The van der Waals surface area contributed by atoms with Gasteiger partial charge in [-0.15, -0.1) is 12.4 Å². The Bertz CT molecular complexity index is 588. The molecule has 114 valence electrons. The van der Waals surface area contributed by atoms with Crippen LogP contribution in [0, 0.1) is 5.92 Å². The molecule has 2 heterocycles. The molecule has 1 aliphatic rings. The Morgan fingerprint density at radius 2 is 1.71 bits per heavy atom. The fourth-order valence-electron chi connectivity index (χ4n) is 2.44. The molecule has 1 aromatic heterocycles. The molecule has 0 aliphatic carbocycles. The summed E-state index contributed by atoms with van der Waals surface area (Å²) in [5.74, 6) is 1.52. The van der Waals surface area contributed by atoms with Crippen molar-refractivity contribution in [2.24, 2.45) is 5.92 Å². The Labute approximate surface area is 130 Å². The van der Waals surface area contributed by atoms with Crippen LogP contribution >= 0.6 is 12.4 Å². The Kier molecular flexibility index (Phi) is 5.59. The molecule has 0 saturated carbocycles. The Balaban J connectivity index is 0.00000161. The normalized spacial score (nSPS) is 15.5. The van der Waals surface area contributed by atoms with Crippen LogP contribution in [0.4, 0.5) is 0 Å². The Hall–Kier alpha value is -1.59. The van der Waals surface area contributed by atoms with Crippen LogP contribution in [0.2, 0.25) is 0 Å². The molecule has 21 heavy (non-hydrogen) atoms. The lowest BCUT2D eigenvalue weighted by molar-refractivity contribution is 0.200. The minimum atomic E-state index is 0. The van der Waals surface area contributed by atoms with Crippen molar-refractivity contribution in [3.63, 3.8) is 0 Å². The van der Waals surface area contributed by atoms with E-state index < -0.39 is 0 Å². The number of fused-ring (bicyclic) bond motifs is 1. The van der Waals surface area contributed by atoms with E-state index in [1.165, 1.54) is 0 Å². The van der Waals surface area contributed by atoms with Crippen molar-refractivity contribution < 1.29 is 9.47 Å². The summed E-state index contributed by atoms with van der Waals surface area (Å²) in [6.45, 7) is 2.80. The van der Waals surface area contributed by atoms with Crippen LogP contribution < -0.4 is 14.8 Å². The van der Waals surface area contributed by atoms with E-state index in [0.717, 1.165) is 37.0 Å². The van der Waals surface area contributed by atoms with E-state index in [9.17, 15) is 0 Å². The molecule has 2 aromatic rings. The van der Waals surface area contributed by atoms with E-state index in [0.29, 0.717) is 24.3 Å². The van der Waals surface area contributed by atoms with Crippen LogP contribution in [0.3, 0.4) is 0 Å². The van der Waals surface area contributed by atoms with Gasteiger partial charge in [-0.3, -0.25) is 0 Å². The summed E-state index contributed by atoms with van der Waals surface area (Å²) < 4.78 is 11.1. The third-order valence-electron chi connectivity index (χ3n) is 3.62. The fraction of sp³-hybridized carbons (Fsp3) is 0.467. The monoisotopic (exact) mass is 309 g/mol. The molecule has 1 aromatic carbocycles. The number of halogens is 1. The van der Waals surface area contributed by atoms with Crippen LogP contribution in [-0.4, -0.2) is 36.8 Å². The molecular weight excluding hydrogens is 290 g/mol. The number of hydrogen-bond donors (Lipinski definition) is 1. The molecule has 0 atom stereocenters. The van der Waals surface area contributed by atoms with Gasteiger partial charge in [0.1, 0.15) is 0 Å². The zero-order valence-corrected chi connectivity index (χ0v) is 12.9. The molecule has 0 spiro atoms. The number of para-hydroxylation sites is 2. The largest absolute Gasteiger partial charge is 0.477 e. The van der Waals surface area contributed by atoms with Gasteiger partial charge in [-0.05, 0) is 44.0 Å². The molecule has 5 nitrogen and oxygen atoms in total. The standard InChI is InChI=1S/C15H19N3O2.ClH/c1-19-14-15(20-10-11-6-8-16-9-7-11)18-13-5-3-2-4-12(13)17-14;/h2-5,11,16H,6-10H2,1H3;1H. The highest BCUT2D eigenvalue weighted by atomic mass is 35.5. The maximum Gasteiger partial charge on any atom is 0.278 e. The summed E-state index contributed by atoms with van der Waals surface area (Å²) in [7, 11) is 1.59. The second-order valence-corrected chi connectivity index (χ2v) is 5.03. The van der Waals surface area contributed by atoms with Crippen LogP contribution in [0.15, 0.2) is 24.3 Å². The van der Waals surface area contributed by atoms with E-state index in [1.807, 2.05) is 24.3 Å². The van der Waals surface area contributed by atoms with Crippen molar-refractivity contribution in [3.05, 3.63) is 24.3 Å². The van der Waals surface area contributed by atoms with Gasteiger partial charge in [-0.1, -0.05) is 12.1 Å². The topological polar surface area (TPSA) is 56.3 Å². The second kappa shape index (κ2) is 7.43. The minimum absolute atomic E-state index is 0. The summed E-state index contributed by atoms with van der Waals surface area (Å²) >= 11 is 0. The van der Waals surface area contributed by atoms with Crippen LogP contribution in [0.25, 0.3) is 11.0 Å². The molecule has 0 unspecified atom stereocenters. The van der Waals surface area contributed by atoms with E-state index in [1.54, 1.807) is 7.11 Å². The average molecular weight is 310 g/mol. The number of ether oxygens (including phenoxy) is 2. The quantitative estimate of drug-likeness (QED) is 0.940. The highest BCUT2D eigenvalue weighted by Crippen LogP contribution is 2.26. The van der Waals surface area contributed by atoms with Crippen LogP contribution in [0.1, 0.15) is 12.8 Å². The summed E-state index contributed by atoms with van der Waals surface area (Å²) in [6, 6.07) is 7.73. The van der Waals surface area contributed by atoms with Gasteiger partial charge in [0.2, 0.25) is 0 Å². The summed E-state index contributed by atoms with van der Waals surface area (Å²) in [5.41, 5.74) is 1.65. The van der Waals surface area contributed by atoms with Gasteiger partial charge in [0.25, 0.3) is 11.8 Å². The third-order valence-corrected chi connectivity index (χ3v) is 3.62. The Morgan fingerprint density at radius 3 is 2.33 bits per heavy atom. The van der Waals surface area contributed by atoms with Gasteiger partial charge in [0.05, 0.1) is 24.8 Å². The predicted octanol–water partition coefficient (Wildman–Crippen LogP) is 2.44. The minimum Gasteiger partial charge on any atom is -0.477 e. The second-order valence-electron chi connectivity index (χ2n) is 5.03. The number of benzene rings is 1. The summed E-state index contributed by atoms with van der Waals surface area (Å²) in [5, 5.41) is 3.35. The number of rotatable bonds is 4. The SMILES string of the molecule is COc1nc2ccccc2nc1OCC1CCNCC1.Cl. The van der Waals surface area contributed by atoms with Crippen molar-refractivity contribution in [2.45, 2.75) is 12.8 Å². The Morgan fingerprint density at radius 1 is 1.10 bits per heavy atom. The zero-order chi connectivity index (χ0) is 13.8. The van der Waals surface area contributed by atoms with Crippen molar-refractivity contribution in [1.82, 2.24) is 15.3 Å². The van der Waals surface area contributed by atoms with Gasteiger partial charge < -0.3 is 14.8 Å². The average Bonchev–Trinajstić information content (AvgIpc) is 2.53. The summed E-state index contributed by atoms with van der Waals surface area (Å²) in [6.07, 6.45) is 2.28. The molecule has 0 radical (unpaired) electrons. The molecule has 1 N–H and O–H groups in total. The first-order chi connectivity index (χ1) is 9.86. The van der Waals surface area contributed by atoms with Crippen LogP contribution in [-0.2, 0) is 0 Å². The number of nitrogens with one attached hydrogen (secondary N) is 1. The third kappa shape index (κ3) is 3.74. The molecule has 6 heteroatoms. The smallest absolute Gasteiger partial charge is 0.278 e. The lowest BCUT2D eigenvalue weighted by atomic mass is 9.99. The number of methoxy groups -OCH3 is 1. The van der Waals surface area contributed by atoms with Crippen molar-refractivity contribution >= 4 is 23.4 Å². The molecule has 3 rings (SSSR count). The highest BCUT2D eigenvalue weighted by molar-refractivity contribution is 5.85. The molecule has 0 amide bonds. The lowest BCUT2D eigenvalue weighted by Gasteiger charge is -2.22. The number of nitrogens with zero attached hydrogens (tertiary/aromatic N) is 2. The molecule has 1 aliphatic heterocycles. The van der Waals surface area contributed by atoms with E-state index in [4.69, 9.17) is 9.47 Å². The lowest BCUT2D eigenvalue weighted by Crippen LogP contribution is -2.30. The first-order valence-electron chi connectivity index (χ1n) is 7.01. The van der Waals surface area contributed by atoms with Gasteiger partial charge >= 0.3 is 0 Å². The molecule has 1 saturated heterocycles. The number of piperidine rings is 1.